The maximum absolute atomic E-state index is 13.9. The Bertz CT molecular complexity index is 1400. The smallest absolute Gasteiger partial charge is 0.433 e. The molecule has 12 heteroatoms. The third-order valence-corrected chi connectivity index (χ3v) is 5.81. The summed E-state index contributed by atoms with van der Waals surface area (Å²) in [5.41, 5.74) is -0.775. The van der Waals surface area contributed by atoms with Crippen LogP contribution in [0.3, 0.4) is 0 Å². The molecule has 0 radical (unpaired) electrons. The highest BCUT2D eigenvalue weighted by atomic mass is 79.9. The van der Waals surface area contributed by atoms with E-state index in [-0.39, 0.29) is 27.2 Å². The van der Waals surface area contributed by atoms with Gasteiger partial charge in [-0.15, -0.1) is 0 Å². The number of benzene rings is 2. The molecule has 182 valence electrons. The summed E-state index contributed by atoms with van der Waals surface area (Å²) in [5.74, 6) is 0.585. The molecule has 1 amide bonds. The van der Waals surface area contributed by atoms with Crippen LogP contribution in [-0.2, 0) is 6.18 Å². The van der Waals surface area contributed by atoms with Crippen molar-refractivity contribution in [3.8, 4) is 28.5 Å². The summed E-state index contributed by atoms with van der Waals surface area (Å²) in [6.07, 6.45) is -4.76. The number of carbonyl (C=O) groups excluding carboxylic acids is 1. The van der Waals surface area contributed by atoms with Crippen molar-refractivity contribution < 1.29 is 32.2 Å². The predicted molar refractivity (Wildman–Crippen MR) is 125 cm³/mol. The van der Waals surface area contributed by atoms with Crippen LogP contribution in [0.15, 0.2) is 53.0 Å². The van der Waals surface area contributed by atoms with E-state index in [0.717, 1.165) is 6.07 Å². The molecule has 0 atom stereocenters. The van der Waals surface area contributed by atoms with Crippen LogP contribution in [0.1, 0.15) is 16.2 Å². The molecule has 35 heavy (non-hydrogen) atoms. The fraction of sp³-hybridized carbons (Fsp3) is 0.174. The SMILES string of the molecule is COc1ccc(-c2cc(C(F)(F)F)n3nc(C(=O)Nc4ccc(OC)cc4OC)c(Br)c3n2)cc1. The van der Waals surface area contributed by atoms with Gasteiger partial charge in [-0.3, -0.25) is 4.79 Å². The molecule has 0 spiro atoms. The first-order valence-corrected chi connectivity index (χ1v) is 10.8. The van der Waals surface area contributed by atoms with E-state index in [0.29, 0.717) is 27.3 Å². The number of anilines is 1. The van der Waals surface area contributed by atoms with E-state index in [9.17, 15) is 18.0 Å². The first-order chi connectivity index (χ1) is 16.7. The summed E-state index contributed by atoms with van der Waals surface area (Å²) in [6.45, 7) is 0. The maximum atomic E-state index is 13.9. The monoisotopic (exact) mass is 550 g/mol. The number of fused-ring (bicyclic) bond motifs is 1. The Labute approximate surface area is 205 Å². The Kier molecular flexibility index (Phi) is 6.57. The van der Waals surface area contributed by atoms with E-state index >= 15 is 0 Å². The molecule has 0 aliphatic rings. The minimum atomic E-state index is -4.76. The van der Waals surface area contributed by atoms with Gasteiger partial charge in [-0.2, -0.15) is 18.3 Å². The first-order valence-electron chi connectivity index (χ1n) is 10.0. The summed E-state index contributed by atoms with van der Waals surface area (Å²) in [6, 6.07) is 12.0. The summed E-state index contributed by atoms with van der Waals surface area (Å²) in [7, 11) is 4.37. The number of alkyl halides is 3. The average Bonchev–Trinajstić information content (AvgIpc) is 3.19. The van der Waals surface area contributed by atoms with Gasteiger partial charge in [0.05, 0.1) is 37.2 Å². The van der Waals surface area contributed by atoms with Crippen LogP contribution < -0.4 is 19.5 Å². The summed E-state index contributed by atoms with van der Waals surface area (Å²) in [5, 5.41) is 6.52. The molecule has 4 rings (SSSR count). The Hall–Kier alpha value is -3.80. The zero-order valence-electron chi connectivity index (χ0n) is 18.6. The maximum Gasteiger partial charge on any atom is 0.433 e. The molecule has 0 fully saturated rings. The van der Waals surface area contributed by atoms with Crippen molar-refractivity contribution in [2.45, 2.75) is 6.18 Å². The molecule has 0 bridgehead atoms. The van der Waals surface area contributed by atoms with Gasteiger partial charge in [0.1, 0.15) is 17.2 Å². The van der Waals surface area contributed by atoms with Crippen molar-refractivity contribution in [3.63, 3.8) is 0 Å². The number of amides is 1. The predicted octanol–water partition coefficient (Wildman–Crippen LogP) is 5.46. The van der Waals surface area contributed by atoms with E-state index in [1.54, 1.807) is 42.5 Å². The minimum Gasteiger partial charge on any atom is -0.497 e. The quantitative estimate of drug-likeness (QED) is 0.343. The molecule has 4 aromatic rings. The second kappa shape index (κ2) is 9.45. The van der Waals surface area contributed by atoms with Crippen molar-refractivity contribution in [3.05, 3.63) is 64.4 Å². The van der Waals surface area contributed by atoms with Gasteiger partial charge in [0.15, 0.2) is 17.0 Å². The highest BCUT2D eigenvalue weighted by Crippen LogP contribution is 2.36. The molecule has 0 saturated carbocycles. The van der Waals surface area contributed by atoms with Crippen LogP contribution >= 0.6 is 15.9 Å². The third kappa shape index (κ3) is 4.74. The standard InChI is InChI=1S/C23H18BrF3N4O4/c1-33-13-6-4-12(5-7-13)16-11-18(23(25,26)27)31-21(28-16)19(24)20(30-31)22(32)29-15-9-8-14(34-2)10-17(15)35-3/h4-11H,1-3H3,(H,29,32). The number of nitrogens with zero attached hydrogens (tertiary/aromatic N) is 3. The normalized spacial score (nSPS) is 11.4. The van der Waals surface area contributed by atoms with Crippen molar-refractivity contribution in [1.29, 1.82) is 0 Å². The van der Waals surface area contributed by atoms with E-state index in [2.05, 4.69) is 31.3 Å². The van der Waals surface area contributed by atoms with Gasteiger partial charge < -0.3 is 19.5 Å². The number of aromatic nitrogens is 3. The van der Waals surface area contributed by atoms with Crippen LogP contribution in [0.25, 0.3) is 16.9 Å². The van der Waals surface area contributed by atoms with Gasteiger partial charge in [-0.1, -0.05) is 0 Å². The first kappa shape index (κ1) is 24.3. The molecule has 0 unspecified atom stereocenters. The van der Waals surface area contributed by atoms with Crippen molar-refractivity contribution in [2.75, 3.05) is 26.6 Å². The van der Waals surface area contributed by atoms with Crippen LogP contribution in [0.4, 0.5) is 18.9 Å². The lowest BCUT2D eigenvalue weighted by molar-refractivity contribution is -0.142. The van der Waals surface area contributed by atoms with Crippen LogP contribution in [-0.4, -0.2) is 41.8 Å². The number of rotatable bonds is 6. The zero-order valence-corrected chi connectivity index (χ0v) is 20.2. The highest BCUT2D eigenvalue weighted by Gasteiger charge is 2.36. The second-order valence-electron chi connectivity index (χ2n) is 7.17. The summed E-state index contributed by atoms with van der Waals surface area (Å²) >= 11 is 3.21. The highest BCUT2D eigenvalue weighted by molar-refractivity contribution is 9.10. The van der Waals surface area contributed by atoms with Gasteiger partial charge in [-0.25, -0.2) is 9.50 Å². The van der Waals surface area contributed by atoms with Crippen molar-refractivity contribution in [1.82, 2.24) is 14.6 Å². The molecule has 0 saturated heterocycles. The number of hydrogen-bond acceptors (Lipinski definition) is 6. The number of nitrogens with one attached hydrogen (secondary N) is 1. The summed E-state index contributed by atoms with van der Waals surface area (Å²) < 4.78 is 57.9. The minimum absolute atomic E-state index is 0.00309. The molecular weight excluding hydrogens is 533 g/mol. The fourth-order valence-corrected chi connectivity index (χ4v) is 3.85. The van der Waals surface area contributed by atoms with Gasteiger partial charge in [0.25, 0.3) is 5.91 Å². The van der Waals surface area contributed by atoms with E-state index < -0.39 is 17.8 Å². The average molecular weight is 551 g/mol. The number of halogens is 4. The number of methoxy groups -OCH3 is 3. The van der Waals surface area contributed by atoms with Gasteiger partial charge in [0.2, 0.25) is 0 Å². The van der Waals surface area contributed by atoms with Crippen LogP contribution in [0, 0.1) is 0 Å². The molecule has 2 aromatic heterocycles. The lowest BCUT2D eigenvalue weighted by Gasteiger charge is -2.11. The van der Waals surface area contributed by atoms with E-state index in [4.69, 9.17) is 14.2 Å². The molecule has 0 aliphatic carbocycles. The van der Waals surface area contributed by atoms with Gasteiger partial charge >= 0.3 is 6.18 Å². The van der Waals surface area contributed by atoms with Crippen molar-refractivity contribution >= 4 is 33.2 Å². The van der Waals surface area contributed by atoms with Gasteiger partial charge in [-0.05, 0) is 58.4 Å². The van der Waals surface area contributed by atoms with Crippen molar-refractivity contribution in [2.24, 2.45) is 0 Å². The Morgan fingerprint density at radius 1 is 0.971 bits per heavy atom. The molecule has 8 nitrogen and oxygen atoms in total. The topological polar surface area (TPSA) is 87.0 Å². The molecule has 1 N–H and O–H groups in total. The number of ether oxygens (including phenoxy) is 3. The molecule has 2 heterocycles. The van der Waals surface area contributed by atoms with E-state index in [1.807, 2.05) is 0 Å². The molecule has 2 aromatic carbocycles. The molecule has 0 aliphatic heterocycles. The number of hydrogen-bond donors (Lipinski definition) is 1. The van der Waals surface area contributed by atoms with Gasteiger partial charge in [0, 0.05) is 11.6 Å². The zero-order chi connectivity index (χ0) is 25.3. The van der Waals surface area contributed by atoms with Crippen LogP contribution in [0.5, 0.6) is 17.2 Å². The second-order valence-corrected chi connectivity index (χ2v) is 7.96. The molecular formula is C23H18BrF3N4O4. The lowest BCUT2D eigenvalue weighted by atomic mass is 10.1. The fourth-order valence-electron chi connectivity index (χ4n) is 3.33. The lowest BCUT2D eigenvalue weighted by Crippen LogP contribution is -2.16. The number of carbonyl (C=O) groups is 1. The summed E-state index contributed by atoms with van der Waals surface area (Å²) in [4.78, 5) is 17.3. The van der Waals surface area contributed by atoms with E-state index in [1.165, 1.54) is 21.3 Å². The largest absolute Gasteiger partial charge is 0.497 e. The van der Waals surface area contributed by atoms with Crippen LogP contribution in [0.2, 0.25) is 0 Å². The Morgan fingerprint density at radius 2 is 1.63 bits per heavy atom. The Balaban J connectivity index is 1.80. The third-order valence-electron chi connectivity index (χ3n) is 5.08. The Morgan fingerprint density at radius 3 is 2.23 bits per heavy atom.